The summed E-state index contributed by atoms with van der Waals surface area (Å²) in [6.45, 7) is 0. The van der Waals surface area contributed by atoms with Crippen molar-refractivity contribution in [2.24, 2.45) is 0 Å². The molecule has 1 radical (unpaired) electrons. The first kappa shape index (κ1) is 23.9. The number of rotatable bonds is 3. The normalized spacial score (nSPS) is 10.1. The molecule has 0 spiro atoms. The average Bonchev–Trinajstić information content (AvgIpc) is 2.95. The van der Waals surface area contributed by atoms with Crippen LogP contribution in [-0.2, 0) is 20.1 Å². The van der Waals surface area contributed by atoms with E-state index < -0.39 is 0 Å². The molecule has 0 N–H and O–H groups in total. The minimum absolute atomic E-state index is 0. The summed E-state index contributed by atoms with van der Waals surface area (Å²) in [5, 5.41) is 18.3. The van der Waals surface area contributed by atoms with Gasteiger partial charge in [-0.1, -0.05) is 30.3 Å². The summed E-state index contributed by atoms with van der Waals surface area (Å²) in [7, 11) is 0. The summed E-state index contributed by atoms with van der Waals surface area (Å²) in [6.07, 6.45) is 5.15. The van der Waals surface area contributed by atoms with Gasteiger partial charge in [-0.05, 0) is 46.6 Å². The van der Waals surface area contributed by atoms with E-state index in [2.05, 4.69) is 59.6 Å². The van der Waals surface area contributed by atoms with Gasteiger partial charge in [-0.15, -0.1) is 52.2 Å². The van der Waals surface area contributed by atoms with Crippen molar-refractivity contribution in [2.75, 3.05) is 0 Å². The van der Waals surface area contributed by atoms with Crippen LogP contribution in [0.5, 0.6) is 0 Å². The molecule has 4 aromatic heterocycles. The molecule has 0 amide bonds. The Morgan fingerprint density at radius 1 is 0.543 bits per heavy atom. The first-order chi connectivity index (χ1) is 16.9. The number of pyridine rings is 3. The zero-order valence-electron chi connectivity index (χ0n) is 18.3. The molecule has 0 atom stereocenters. The molecule has 7 nitrogen and oxygen atoms in total. The van der Waals surface area contributed by atoms with Gasteiger partial charge in [0.2, 0.25) is 5.82 Å². The monoisotopic (exact) mass is 632 g/mol. The summed E-state index contributed by atoms with van der Waals surface area (Å²) in [6, 6.07) is 33.3. The van der Waals surface area contributed by atoms with E-state index in [1.807, 2.05) is 60.8 Å². The van der Waals surface area contributed by atoms with Crippen LogP contribution in [0.2, 0.25) is 0 Å². The van der Waals surface area contributed by atoms with Gasteiger partial charge >= 0.3 is 0 Å². The fourth-order valence-electron chi connectivity index (χ4n) is 3.24. The molecule has 0 aliphatic heterocycles. The standard InChI is InChI=1S/C15H10N.C12H7N6.Ir/c1-2-7-13(8-3-1)15-14-9-5-4-6-12(14)10-11-16-15;1-3-7-13-9(5-1)11-15-17-12(18-16-11)10-6-2-4-8-14-10;/h1-7,9-11H;1-5,7-8H;/q2*-1;. The zero-order chi connectivity index (χ0) is 23.0. The van der Waals surface area contributed by atoms with Crippen LogP contribution in [0, 0.1) is 12.1 Å². The van der Waals surface area contributed by atoms with E-state index >= 15 is 0 Å². The van der Waals surface area contributed by atoms with Gasteiger partial charge in [0.15, 0.2) is 0 Å². The first-order valence-corrected chi connectivity index (χ1v) is 10.5. The Labute approximate surface area is 215 Å². The van der Waals surface area contributed by atoms with Gasteiger partial charge in [0, 0.05) is 32.5 Å². The fourth-order valence-corrected chi connectivity index (χ4v) is 3.24. The van der Waals surface area contributed by atoms with Crippen LogP contribution in [0.1, 0.15) is 0 Å². The Kier molecular flexibility index (Phi) is 8.01. The molecule has 0 bridgehead atoms. The van der Waals surface area contributed by atoms with Crippen LogP contribution >= 0.6 is 0 Å². The second-order valence-corrected chi connectivity index (χ2v) is 7.05. The number of benzene rings is 2. The second kappa shape index (κ2) is 11.7. The van der Waals surface area contributed by atoms with Crippen molar-refractivity contribution in [2.45, 2.75) is 0 Å². The Hall–Kier alpha value is -4.26. The van der Waals surface area contributed by atoms with Crippen molar-refractivity contribution in [1.82, 2.24) is 35.3 Å². The summed E-state index contributed by atoms with van der Waals surface area (Å²) in [5.74, 6) is 0.727. The molecule has 35 heavy (non-hydrogen) atoms. The first-order valence-electron chi connectivity index (χ1n) is 10.5. The molecule has 0 unspecified atom stereocenters. The molecular formula is C27H17IrN7-2. The quantitative estimate of drug-likeness (QED) is 0.257. The molecule has 0 saturated heterocycles. The molecule has 0 saturated carbocycles. The molecule has 171 valence electrons. The van der Waals surface area contributed by atoms with Crippen LogP contribution in [0.15, 0.2) is 104 Å². The van der Waals surface area contributed by atoms with Crippen LogP contribution in [0.4, 0.5) is 0 Å². The van der Waals surface area contributed by atoms with Crippen molar-refractivity contribution < 1.29 is 20.1 Å². The van der Waals surface area contributed by atoms with Gasteiger partial charge in [-0.3, -0.25) is 9.97 Å². The number of hydrogen-bond donors (Lipinski definition) is 0. The summed E-state index contributed by atoms with van der Waals surface area (Å²) < 4.78 is 0. The summed E-state index contributed by atoms with van der Waals surface area (Å²) in [5.41, 5.74) is 3.19. The Morgan fingerprint density at radius 3 is 2.03 bits per heavy atom. The van der Waals surface area contributed by atoms with E-state index in [0.717, 1.165) is 11.3 Å². The van der Waals surface area contributed by atoms with Gasteiger partial charge in [0.1, 0.15) is 11.5 Å². The van der Waals surface area contributed by atoms with Gasteiger partial charge < -0.3 is 4.98 Å². The number of fused-ring (bicyclic) bond motifs is 1. The van der Waals surface area contributed by atoms with Crippen LogP contribution in [0.3, 0.4) is 0 Å². The predicted molar refractivity (Wildman–Crippen MR) is 129 cm³/mol. The van der Waals surface area contributed by atoms with Gasteiger partial charge in [-0.25, -0.2) is 0 Å². The van der Waals surface area contributed by atoms with E-state index in [1.54, 1.807) is 30.6 Å². The molecule has 6 rings (SSSR count). The molecule has 2 aromatic carbocycles. The molecule has 6 aromatic rings. The van der Waals surface area contributed by atoms with E-state index in [1.165, 1.54) is 10.8 Å². The van der Waals surface area contributed by atoms with Crippen molar-refractivity contribution in [3.63, 3.8) is 0 Å². The molecule has 8 heteroatoms. The summed E-state index contributed by atoms with van der Waals surface area (Å²) in [4.78, 5) is 12.6. The van der Waals surface area contributed by atoms with Crippen molar-refractivity contribution in [3.05, 3.63) is 116 Å². The van der Waals surface area contributed by atoms with Crippen LogP contribution in [-0.4, -0.2) is 35.3 Å². The Bertz CT molecular complexity index is 1420. The largest absolute Gasteiger partial charge is 0.304 e. The Morgan fingerprint density at radius 2 is 1.29 bits per heavy atom. The van der Waals surface area contributed by atoms with E-state index in [-0.39, 0.29) is 20.1 Å². The van der Waals surface area contributed by atoms with Gasteiger partial charge in [-0.2, -0.15) is 22.3 Å². The minimum atomic E-state index is 0. The van der Waals surface area contributed by atoms with E-state index in [4.69, 9.17) is 0 Å². The number of nitrogens with zero attached hydrogens (tertiary/aromatic N) is 7. The third kappa shape index (κ3) is 5.81. The molecular weight excluding hydrogens is 615 g/mol. The molecule has 0 aliphatic carbocycles. The predicted octanol–water partition coefficient (Wildman–Crippen LogP) is 4.89. The maximum atomic E-state index is 4.45. The van der Waals surface area contributed by atoms with Crippen molar-refractivity contribution >= 4 is 10.8 Å². The fraction of sp³-hybridized carbons (Fsp3) is 0. The third-order valence-corrected chi connectivity index (χ3v) is 4.83. The van der Waals surface area contributed by atoms with Gasteiger partial charge in [0.25, 0.3) is 0 Å². The average molecular weight is 632 g/mol. The van der Waals surface area contributed by atoms with Crippen molar-refractivity contribution in [1.29, 1.82) is 0 Å². The topological polar surface area (TPSA) is 90.2 Å². The molecule has 0 fully saturated rings. The smallest absolute Gasteiger partial charge is 0.219 e. The van der Waals surface area contributed by atoms with Crippen molar-refractivity contribution in [3.8, 4) is 34.3 Å². The van der Waals surface area contributed by atoms with Crippen LogP contribution < -0.4 is 0 Å². The second-order valence-electron chi connectivity index (χ2n) is 7.05. The third-order valence-electron chi connectivity index (χ3n) is 4.83. The maximum Gasteiger partial charge on any atom is 0.219 e. The van der Waals surface area contributed by atoms with Crippen LogP contribution in [0.25, 0.3) is 45.1 Å². The van der Waals surface area contributed by atoms with E-state index in [0.29, 0.717) is 23.0 Å². The Balaban J connectivity index is 0.000000161. The van der Waals surface area contributed by atoms with E-state index in [9.17, 15) is 0 Å². The molecule has 0 aliphatic rings. The minimum Gasteiger partial charge on any atom is -0.304 e. The SMILES string of the molecule is [Ir].[c-]1ccccc1-c1nccc2ccccc12.[c-]1cccnc1-c1nnc(-c2ccccn2)nn1. The number of hydrogen-bond acceptors (Lipinski definition) is 7. The van der Waals surface area contributed by atoms with Gasteiger partial charge in [0.05, 0.1) is 0 Å². The zero-order valence-corrected chi connectivity index (χ0v) is 20.7. The number of aromatic nitrogens is 7. The maximum absolute atomic E-state index is 4.45. The molecule has 4 heterocycles. The summed E-state index contributed by atoms with van der Waals surface area (Å²) >= 11 is 0.